The van der Waals surface area contributed by atoms with Gasteiger partial charge in [-0.3, -0.25) is 0 Å². The average Bonchev–Trinajstić information content (AvgIpc) is 3.53. The molecular weight excluding hydrogens is 481 g/mol. The first-order valence-electron chi connectivity index (χ1n) is 12.1. The number of halogens is 7. The van der Waals surface area contributed by atoms with Gasteiger partial charge in [-0.05, 0) is 56.1 Å². The minimum absolute atomic E-state index is 0.0381. The smallest absolute Gasteiger partial charge is 0.381 e. The summed E-state index contributed by atoms with van der Waals surface area (Å²) >= 11 is 0. The summed E-state index contributed by atoms with van der Waals surface area (Å²) in [6.45, 7) is 1.68. The zero-order valence-corrected chi connectivity index (χ0v) is 19.0. The van der Waals surface area contributed by atoms with E-state index in [0.717, 1.165) is 31.7 Å². The molecule has 3 fully saturated rings. The van der Waals surface area contributed by atoms with Crippen LogP contribution in [0.2, 0.25) is 0 Å². The molecule has 5 rings (SSSR count). The summed E-state index contributed by atoms with van der Waals surface area (Å²) in [7, 11) is 0. The van der Waals surface area contributed by atoms with Gasteiger partial charge in [0.25, 0.3) is 0 Å². The summed E-state index contributed by atoms with van der Waals surface area (Å²) in [5, 5.41) is 0. The number of hydrogen-bond donors (Lipinski definition) is 0. The van der Waals surface area contributed by atoms with Gasteiger partial charge in [0, 0.05) is 49.4 Å². The Morgan fingerprint density at radius 3 is 2.11 bits per heavy atom. The van der Waals surface area contributed by atoms with Crippen LogP contribution in [0.4, 0.5) is 35.5 Å². The summed E-state index contributed by atoms with van der Waals surface area (Å²) in [5.41, 5.74) is -5.98. The van der Waals surface area contributed by atoms with Gasteiger partial charge in [0.1, 0.15) is 0 Å². The fourth-order valence-electron chi connectivity index (χ4n) is 6.08. The third kappa shape index (κ3) is 4.07. The van der Waals surface area contributed by atoms with Crippen LogP contribution in [0.25, 0.3) is 0 Å². The molecular formula is C24H27F7N2O2. The van der Waals surface area contributed by atoms with E-state index in [-0.39, 0.29) is 42.1 Å². The van der Waals surface area contributed by atoms with E-state index >= 15 is 0 Å². The van der Waals surface area contributed by atoms with E-state index in [0.29, 0.717) is 44.2 Å². The summed E-state index contributed by atoms with van der Waals surface area (Å²) in [5.74, 6) is -0.196. The van der Waals surface area contributed by atoms with E-state index in [1.807, 2.05) is 9.80 Å². The van der Waals surface area contributed by atoms with Gasteiger partial charge in [-0.1, -0.05) is 18.2 Å². The molecule has 0 N–H and O–H groups in total. The lowest BCUT2D eigenvalue weighted by Crippen LogP contribution is -2.53. The Labute approximate surface area is 198 Å². The van der Waals surface area contributed by atoms with Crippen LogP contribution in [0, 0.1) is 0 Å². The van der Waals surface area contributed by atoms with E-state index in [9.17, 15) is 35.5 Å². The van der Waals surface area contributed by atoms with Crippen molar-refractivity contribution in [1.29, 1.82) is 0 Å². The fourth-order valence-corrected chi connectivity index (χ4v) is 6.08. The first kappa shape index (κ1) is 24.6. The highest BCUT2D eigenvalue weighted by Crippen LogP contribution is 2.54. The molecule has 1 saturated carbocycles. The van der Waals surface area contributed by atoms with Crippen molar-refractivity contribution >= 4 is 6.03 Å². The van der Waals surface area contributed by atoms with Gasteiger partial charge in [0.15, 0.2) is 0 Å². The third-order valence-corrected chi connectivity index (χ3v) is 7.97. The number of ether oxygens (including phenoxy) is 1. The Bertz CT molecular complexity index is 956. The van der Waals surface area contributed by atoms with Crippen LogP contribution >= 0.6 is 0 Å². The van der Waals surface area contributed by atoms with Gasteiger partial charge in [-0.25, -0.2) is 9.18 Å². The summed E-state index contributed by atoms with van der Waals surface area (Å²) in [4.78, 5) is 17.4. The second kappa shape index (κ2) is 8.52. The molecule has 2 saturated heterocycles. The van der Waals surface area contributed by atoms with Crippen LogP contribution in [0.1, 0.15) is 61.1 Å². The number of urea groups is 1. The van der Waals surface area contributed by atoms with Crippen LogP contribution in [-0.4, -0.2) is 66.1 Å². The number of carbonyl (C=O) groups is 1. The molecule has 2 amide bonds. The van der Waals surface area contributed by atoms with Crippen molar-refractivity contribution in [2.45, 2.75) is 87.0 Å². The van der Waals surface area contributed by atoms with Crippen LogP contribution in [0.5, 0.6) is 0 Å². The van der Waals surface area contributed by atoms with Crippen molar-refractivity contribution in [3.8, 4) is 0 Å². The average molecular weight is 508 g/mol. The van der Waals surface area contributed by atoms with Gasteiger partial charge in [0.05, 0.1) is 0 Å². The summed E-state index contributed by atoms with van der Waals surface area (Å²) < 4.78 is 99.3. The number of aryl methyl sites for hydroxylation is 1. The number of fused-ring (bicyclic) bond motifs is 3. The van der Waals surface area contributed by atoms with Crippen LogP contribution in [0.3, 0.4) is 0 Å². The standard InChI is InChI=1S/C24H27F7N2O2/c25-22(23(26,27)28,24(29,30)31)15-2-5-18-14(13-15)1-6-20-19(18)7-10-32(20)21(34)33(16-3-4-16)17-8-11-35-12-9-17/h2,5,13,16-17,19-20H,1,3-4,6-12H2/t19-,20?/m0/s1. The lowest BCUT2D eigenvalue weighted by atomic mass is 9.77. The number of carbonyl (C=O) groups excluding carboxylic acids is 1. The first-order valence-corrected chi connectivity index (χ1v) is 12.1. The molecule has 0 aromatic heterocycles. The number of rotatable bonds is 3. The Hall–Kier alpha value is -2.04. The molecule has 2 aliphatic carbocycles. The van der Waals surface area contributed by atoms with Crippen molar-refractivity contribution in [1.82, 2.24) is 9.80 Å². The zero-order chi connectivity index (χ0) is 25.2. The molecule has 1 aromatic rings. The highest BCUT2D eigenvalue weighted by atomic mass is 19.4. The minimum atomic E-state index is -6.14. The van der Waals surface area contributed by atoms with Crippen molar-refractivity contribution in [3.05, 3.63) is 34.9 Å². The van der Waals surface area contributed by atoms with E-state index in [1.165, 1.54) is 6.07 Å². The van der Waals surface area contributed by atoms with E-state index in [4.69, 9.17) is 4.74 Å². The molecule has 1 aromatic carbocycles. The van der Waals surface area contributed by atoms with Gasteiger partial charge in [-0.15, -0.1) is 0 Å². The quantitative estimate of drug-likeness (QED) is 0.481. The fraction of sp³-hybridized carbons (Fsp3) is 0.708. The maximum absolute atomic E-state index is 14.6. The Kier molecular flexibility index (Phi) is 6.00. The molecule has 1 unspecified atom stereocenters. The zero-order valence-electron chi connectivity index (χ0n) is 19.0. The Balaban J connectivity index is 1.39. The number of alkyl halides is 7. The molecule has 2 atom stereocenters. The lowest BCUT2D eigenvalue weighted by Gasteiger charge is -2.40. The van der Waals surface area contributed by atoms with Crippen molar-refractivity contribution in [3.63, 3.8) is 0 Å². The topological polar surface area (TPSA) is 32.8 Å². The number of hydrogen-bond acceptors (Lipinski definition) is 2. The van der Waals surface area contributed by atoms with Crippen molar-refractivity contribution in [2.24, 2.45) is 0 Å². The number of nitrogens with zero attached hydrogens (tertiary/aromatic N) is 2. The molecule has 0 bridgehead atoms. The molecule has 2 aliphatic heterocycles. The number of amides is 2. The lowest BCUT2D eigenvalue weighted by molar-refractivity contribution is -0.348. The highest BCUT2D eigenvalue weighted by molar-refractivity contribution is 5.76. The molecule has 4 nitrogen and oxygen atoms in total. The molecule has 11 heteroatoms. The molecule has 0 spiro atoms. The summed E-state index contributed by atoms with van der Waals surface area (Å²) in [6, 6.07) is 2.62. The highest BCUT2D eigenvalue weighted by Gasteiger charge is 2.73. The van der Waals surface area contributed by atoms with Crippen molar-refractivity contribution < 1.29 is 40.3 Å². The second-order valence-corrected chi connectivity index (χ2v) is 10.0. The Morgan fingerprint density at radius 1 is 0.886 bits per heavy atom. The summed E-state index contributed by atoms with van der Waals surface area (Å²) in [6.07, 6.45) is -7.64. The van der Waals surface area contributed by atoms with E-state index in [2.05, 4.69) is 0 Å². The minimum Gasteiger partial charge on any atom is -0.381 e. The monoisotopic (exact) mass is 508 g/mol. The van der Waals surface area contributed by atoms with Gasteiger partial charge < -0.3 is 14.5 Å². The number of benzene rings is 1. The van der Waals surface area contributed by atoms with Gasteiger partial charge in [-0.2, -0.15) is 26.3 Å². The molecule has 2 heterocycles. The largest absolute Gasteiger partial charge is 0.435 e. The van der Waals surface area contributed by atoms with Crippen LogP contribution in [-0.2, 0) is 16.8 Å². The second-order valence-electron chi connectivity index (χ2n) is 10.0. The SMILES string of the molecule is O=C(N1CC[C@H]2c3ccc(C(F)(C(F)(F)F)C(F)(F)F)cc3CCC21)N(C1CCOCC1)C1CC1. The first-order chi connectivity index (χ1) is 16.4. The van der Waals surface area contributed by atoms with Crippen molar-refractivity contribution in [2.75, 3.05) is 19.8 Å². The van der Waals surface area contributed by atoms with E-state index in [1.54, 1.807) is 0 Å². The molecule has 0 radical (unpaired) electrons. The predicted octanol–water partition coefficient (Wildman–Crippen LogP) is 5.84. The number of likely N-dealkylation sites (tertiary alicyclic amines) is 1. The third-order valence-electron chi connectivity index (χ3n) is 7.97. The Morgan fingerprint density at radius 2 is 1.51 bits per heavy atom. The molecule has 35 heavy (non-hydrogen) atoms. The molecule has 4 aliphatic rings. The van der Waals surface area contributed by atoms with Gasteiger partial charge >= 0.3 is 24.1 Å². The molecule has 194 valence electrons. The maximum Gasteiger partial charge on any atom is 0.435 e. The van der Waals surface area contributed by atoms with Gasteiger partial charge in [0.2, 0.25) is 0 Å². The van der Waals surface area contributed by atoms with Crippen LogP contribution in [0.15, 0.2) is 18.2 Å². The normalized spacial score (nSPS) is 25.9. The predicted molar refractivity (Wildman–Crippen MR) is 112 cm³/mol. The maximum atomic E-state index is 14.6. The van der Waals surface area contributed by atoms with Crippen LogP contribution < -0.4 is 0 Å². The van der Waals surface area contributed by atoms with E-state index < -0.39 is 23.6 Å².